The van der Waals surface area contributed by atoms with Crippen LogP contribution in [0.5, 0.6) is 5.75 Å². The molecule has 2 aromatic heterocycles. The van der Waals surface area contributed by atoms with E-state index in [1.54, 1.807) is 24.1 Å². The van der Waals surface area contributed by atoms with Crippen molar-refractivity contribution in [3.8, 4) is 5.75 Å². The van der Waals surface area contributed by atoms with Gasteiger partial charge in [0.2, 0.25) is 5.95 Å². The Balaban J connectivity index is 1.56. The number of nitrogens with zero attached hydrogens (tertiary/aromatic N) is 5. The van der Waals surface area contributed by atoms with Gasteiger partial charge in [0.15, 0.2) is 5.82 Å². The summed E-state index contributed by atoms with van der Waals surface area (Å²) in [5.41, 5.74) is 8.75. The number of methoxy groups -OCH3 is 1. The minimum atomic E-state index is -0.0925. The zero-order valence-electron chi connectivity index (χ0n) is 21.9. The van der Waals surface area contributed by atoms with Crippen LogP contribution in [0.3, 0.4) is 0 Å². The number of fused-ring (bicyclic) bond motifs is 1. The molecule has 1 amide bonds. The third-order valence-corrected chi connectivity index (χ3v) is 6.88. The maximum atomic E-state index is 12.9. The number of nitrogen functional groups attached to an aromatic ring is 1. The number of nitrogens with one attached hydrogen (secondary N) is 2. The maximum Gasteiger partial charge on any atom is 0.251 e. The summed E-state index contributed by atoms with van der Waals surface area (Å²) in [5, 5.41) is 20.6. The molecule has 0 unspecified atom stereocenters. The molecule has 3 heterocycles. The molecular formula is C26H38N8O3. The largest absolute Gasteiger partial charge is 0.496 e. The Kier molecular flexibility index (Phi) is 8.78. The van der Waals surface area contributed by atoms with Crippen LogP contribution < -0.4 is 21.1 Å². The SMILES string of the molecule is CCC[C@@H](CCO)Nc1nc(N)nc2cnn(Cc3ccc(C(=O)NC4CCN(C)CC4)cc3OC)c12. The highest BCUT2D eigenvalue weighted by Gasteiger charge is 2.21. The predicted octanol–water partition coefficient (Wildman–Crippen LogP) is 2.25. The van der Waals surface area contributed by atoms with Gasteiger partial charge in [0.25, 0.3) is 5.91 Å². The van der Waals surface area contributed by atoms with Gasteiger partial charge >= 0.3 is 0 Å². The molecule has 11 nitrogen and oxygen atoms in total. The number of nitrogens with two attached hydrogens (primary N) is 1. The van der Waals surface area contributed by atoms with Crippen LogP contribution in [0.1, 0.15) is 54.9 Å². The van der Waals surface area contributed by atoms with E-state index in [0.29, 0.717) is 35.6 Å². The first kappa shape index (κ1) is 26.6. The summed E-state index contributed by atoms with van der Waals surface area (Å²) >= 11 is 0. The van der Waals surface area contributed by atoms with Crippen molar-refractivity contribution in [1.82, 2.24) is 30.0 Å². The number of hydrogen-bond donors (Lipinski definition) is 4. The highest BCUT2D eigenvalue weighted by molar-refractivity contribution is 5.95. The lowest BCUT2D eigenvalue weighted by Crippen LogP contribution is -2.43. The molecule has 37 heavy (non-hydrogen) atoms. The Morgan fingerprint density at radius 2 is 2.05 bits per heavy atom. The molecular weight excluding hydrogens is 472 g/mol. The molecule has 1 saturated heterocycles. The van der Waals surface area contributed by atoms with Gasteiger partial charge in [-0.15, -0.1) is 0 Å². The predicted molar refractivity (Wildman–Crippen MR) is 144 cm³/mol. The van der Waals surface area contributed by atoms with Crippen LogP contribution in [-0.2, 0) is 6.54 Å². The van der Waals surface area contributed by atoms with Crippen LogP contribution in [0.4, 0.5) is 11.8 Å². The van der Waals surface area contributed by atoms with Gasteiger partial charge in [0, 0.05) is 29.8 Å². The van der Waals surface area contributed by atoms with Gasteiger partial charge in [-0.3, -0.25) is 9.48 Å². The Labute approximate surface area is 217 Å². The number of amides is 1. The second-order valence-corrected chi connectivity index (χ2v) is 9.69. The van der Waals surface area contributed by atoms with Crippen LogP contribution >= 0.6 is 0 Å². The molecule has 3 aromatic rings. The van der Waals surface area contributed by atoms with E-state index in [1.807, 2.05) is 12.1 Å². The van der Waals surface area contributed by atoms with Gasteiger partial charge in [-0.05, 0) is 58.0 Å². The molecule has 5 N–H and O–H groups in total. The molecule has 1 fully saturated rings. The number of benzene rings is 1. The lowest BCUT2D eigenvalue weighted by atomic mass is 10.0. The van der Waals surface area contributed by atoms with Crippen molar-refractivity contribution in [3.63, 3.8) is 0 Å². The minimum Gasteiger partial charge on any atom is -0.496 e. The fraction of sp³-hybridized carbons (Fsp3) is 0.538. The summed E-state index contributed by atoms with van der Waals surface area (Å²) in [5.74, 6) is 1.26. The zero-order valence-corrected chi connectivity index (χ0v) is 21.9. The van der Waals surface area contributed by atoms with E-state index in [1.165, 1.54) is 0 Å². The van der Waals surface area contributed by atoms with Gasteiger partial charge in [0.1, 0.15) is 16.8 Å². The number of ether oxygens (including phenoxy) is 1. The second kappa shape index (κ2) is 12.2. The van der Waals surface area contributed by atoms with Crippen LogP contribution in [-0.4, -0.2) is 81.6 Å². The van der Waals surface area contributed by atoms with E-state index in [9.17, 15) is 9.90 Å². The Hall–Kier alpha value is -3.44. The molecule has 11 heteroatoms. The molecule has 0 spiro atoms. The summed E-state index contributed by atoms with van der Waals surface area (Å²) < 4.78 is 7.46. The van der Waals surface area contributed by atoms with Crippen molar-refractivity contribution in [2.45, 2.75) is 57.7 Å². The van der Waals surface area contributed by atoms with Crippen molar-refractivity contribution >= 4 is 28.7 Å². The monoisotopic (exact) mass is 510 g/mol. The number of carbonyl (C=O) groups excluding carboxylic acids is 1. The number of anilines is 2. The standard InChI is InChI=1S/C26H38N8O3/c1-4-5-19(10-13-35)29-24-23-21(31-26(27)32-24)15-28-34(23)16-18-7-6-17(14-22(18)37-3)25(36)30-20-8-11-33(2)12-9-20/h6-7,14-15,19-20,35H,4-5,8-13,16H2,1-3H3,(H,30,36)(H3,27,29,31,32)/t19-/m0/s1. The van der Waals surface area contributed by atoms with Crippen molar-refractivity contribution in [2.24, 2.45) is 0 Å². The molecule has 4 rings (SSSR count). The molecule has 1 aliphatic rings. The lowest BCUT2D eigenvalue weighted by molar-refractivity contribution is 0.0916. The van der Waals surface area contributed by atoms with E-state index in [4.69, 9.17) is 10.5 Å². The Bertz CT molecular complexity index is 1200. The first-order chi connectivity index (χ1) is 17.9. The highest BCUT2D eigenvalue weighted by atomic mass is 16.5. The van der Waals surface area contributed by atoms with Gasteiger partial charge < -0.3 is 31.1 Å². The van der Waals surface area contributed by atoms with E-state index in [-0.39, 0.29) is 30.5 Å². The number of aromatic nitrogens is 4. The second-order valence-electron chi connectivity index (χ2n) is 9.69. The van der Waals surface area contributed by atoms with E-state index >= 15 is 0 Å². The molecule has 1 aliphatic heterocycles. The molecule has 200 valence electrons. The summed E-state index contributed by atoms with van der Waals surface area (Å²) in [4.78, 5) is 24.0. The van der Waals surface area contributed by atoms with Crippen molar-refractivity contribution in [1.29, 1.82) is 0 Å². The molecule has 0 aliphatic carbocycles. The van der Waals surface area contributed by atoms with Gasteiger partial charge in [-0.25, -0.2) is 4.98 Å². The quantitative estimate of drug-likeness (QED) is 0.305. The lowest BCUT2D eigenvalue weighted by Gasteiger charge is -2.29. The molecule has 0 radical (unpaired) electrons. The van der Waals surface area contributed by atoms with Crippen LogP contribution in [0.25, 0.3) is 11.0 Å². The molecule has 1 aromatic carbocycles. The third-order valence-electron chi connectivity index (χ3n) is 6.88. The normalized spacial score (nSPS) is 15.6. The highest BCUT2D eigenvalue weighted by Crippen LogP contribution is 2.27. The number of hydrogen-bond acceptors (Lipinski definition) is 9. The number of aliphatic hydroxyl groups excluding tert-OH is 1. The average molecular weight is 511 g/mol. The van der Waals surface area contributed by atoms with E-state index in [2.05, 4.69) is 44.6 Å². The van der Waals surface area contributed by atoms with Crippen LogP contribution in [0, 0.1) is 0 Å². The van der Waals surface area contributed by atoms with Crippen molar-refractivity contribution in [3.05, 3.63) is 35.5 Å². The van der Waals surface area contributed by atoms with Gasteiger partial charge in [-0.1, -0.05) is 19.4 Å². The first-order valence-electron chi connectivity index (χ1n) is 12.9. The zero-order chi connectivity index (χ0) is 26.4. The molecule has 0 bridgehead atoms. The third kappa shape index (κ3) is 6.47. The molecule has 1 atom stereocenters. The Morgan fingerprint density at radius 1 is 1.27 bits per heavy atom. The smallest absolute Gasteiger partial charge is 0.251 e. The number of aliphatic hydroxyl groups is 1. The average Bonchev–Trinajstić information content (AvgIpc) is 3.28. The van der Waals surface area contributed by atoms with Crippen LogP contribution in [0.2, 0.25) is 0 Å². The van der Waals surface area contributed by atoms with Gasteiger partial charge in [0.05, 0.1) is 19.9 Å². The summed E-state index contributed by atoms with van der Waals surface area (Å²) in [7, 11) is 3.70. The van der Waals surface area contributed by atoms with E-state index in [0.717, 1.165) is 49.9 Å². The summed E-state index contributed by atoms with van der Waals surface area (Å²) in [6.45, 7) is 4.54. The van der Waals surface area contributed by atoms with Crippen molar-refractivity contribution < 1.29 is 14.6 Å². The fourth-order valence-corrected chi connectivity index (χ4v) is 4.82. The Morgan fingerprint density at radius 3 is 2.76 bits per heavy atom. The summed E-state index contributed by atoms with van der Waals surface area (Å²) in [6.07, 6.45) is 6.01. The topological polar surface area (TPSA) is 143 Å². The fourth-order valence-electron chi connectivity index (χ4n) is 4.82. The number of carbonyl (C=O) groups is 1. The van der Waals surface area contributed by atoms with Crippen LogP contribution in [0.15, 0.2) is 24.4 Å². The number of piperidine rings is 1. The number of rotatable bonds is 11. The van der Waals surface area contributed by atoms with E-state index < -0.39 is 0 Å². The first-order valence-corrected chi connectivity index (χ1v) is 12.9. The van der Waals surface area contributed by atoms with Gasteiger partial charge in [-0.2, -0.15) is 10.1 Å². The molecule has 0 saturated carbocycles. The maximum absolute atomic E-state index is 12.9. The minimum absolute atomic E-state index is 0.0488. The number of likely N-dealkylation sites (tertiary alicyclic amines) is 1. The summed E-state index contributed by atoms with van der Waals surface area (Å²) in [6, 6.07) is 5.72. The van der Waals surface area contributed by atoms with Crippen molar-refractivity contribution in [2.75, 3.05) is 44.9 Å².